The van der Waals surface area contributed by atoms with Crippen molar-refractivity contribution in [1.82, 2.24) is 10.6 Å². The molecule has 0 unspecified atom stereocenters. The van der Waals surface area contributed by atoms with Crippen LogP contribution in [0.2, 0.25) is 0 Å². The summed E-state index contributed by atoms with van der Waals surface area (Å²) in [4.78, 5) is 25.8. The van der Waals surface area contributed by atoms with Crippen LogP contribution in [0.25, 0.3) is 0 Å². The maximum atomic E-state index is 12.9. The summed E-state index contributed by atoms with van der Waals surface area (Å²) in [7, 11) is 0. The van der Waals surface area contributed by atoms with E-state index in [1.54, 1.807) is 36.4 Å². The van der Waals surface area contributed by atoms with Crippen molar-refractivity contribution in [2.24, 2.45) is 0 Å². The van der Waals surface area contributed by atoms with Gasteiger partial charge in [-0.05, 0) is 42.6 Å². The van der Waals surface area contributed by atoms with Crippen molar-refractivity contribution < 1.29 is 9.59 Å². The second-order valence-corrected chi connectivity index (χ2v) is 7.45. The molecule has 29 heavy (non-hydrogen) atoms. The number of ketones is 1. The van der Waals surface area contributed by atoms with Gasteiger partial charge in [-0.1, -0.05) is 66.2 Å². The molecule has 1 aliphatic rings. The van der Waals surface area contributed by atoms with Gasteiger partial charge < -0.3 is 10.6 Å². The maximum absolute atomic E-state index is 12.9. The fourth-order valence-corrected chi connectivity index (χ4v) is 3.66. The number of hydrogen-bond donors (Lipinski definition) is 2. The van der Waals surface area contributed by atoms with E-state index in [9.17, 15) is 9.59 Å². The Morgan fingerprint density at radius 3 is 2.48 bits per heavy atom. The van der Waals surface area contributed by atoms with Gasteiger partial charge in [0.25, 0.3) is 5.91 Å². The number of hydrogen-bond acceptors (Lipinski definition) is 3. The molecule has 0 aliphatic carbocycles. The first-order valence-corrected chi connectivity index (χ1v) is 9.92. The van der Waals surface area contributed by atoms with Crippen LogP contribution in [0, 0.1) is 6.92 Å². The third-order valence-corrected chi connectivity index (χ3v) is 5.34. The van der Waals surface area contributed by atoms with E-state index in [1.165, 1.54) is 11.1 Å². The summed E-state index contributed by atoms with van der Waals surface area (Å²) in [5, 5.41) is 6.33. The summed E-state index contributed by atoms with van der Waals surface area (Å²) in [5.41, 5.74) is 6.23. The Labute approximate surface area is 171 Å². The molecule has 1 aliphatic heterocycles. The highest BCUT2D eigenvalue weighted by atomic mass is 16.2. The molecular weight excluding hydrogens is 360 g/mol. The molecule has 0 aromatic heterocycles. The van der Waals surface area contributed by atoms with E-state index in [4.69, 9.17) is 0 Å². The predicted octanol–water partition coefficient (Wildman–Crippen LogP) is 3.80. The average molecular weight is 384 g/mol. The molecule has 2 N–H and O–H groups in total. The average Bonchev–Trinajstić information content (AvgIpc) is 2.77. The lowest BCUT2D eigenvalue weighted by atomic mass is 9.97. The molecule has 0 fully saturated rings. The molecule has 1 heterocycles. The van der Waals surface area contributed by atoms with Gasteiger partial charge in [-0.25, -0.2) is 0 Å². The van der Waals surface area contributed by atoms with Gasteiger partial charge in [-0.2, -0.15) is 0 Å². The second-order valence-electron chi connectivity index (χ2n) is 7.45. The number of aryl methyl sites for hydroxylation is 1. The van der Waals surface area contributed by atoms with Crippen molar-refractivity contribution in [3.8, 4) is 0 Å². The monoisotopic (exact) mass is 384 g/mol. The van der Waals surface area contributed by atoms with E-state index in [0.717, 1.165) is 30.6 Å². The lowest BCUT2D eigenvalue weighted by molar-refractivity contribution is 0.0939. The minimum Gasteiger partial charge on any atom is -0.348 e. The summed E-state index contributed by atoms with van der Waals surface area (Å²) in [6.07, 6.45) is 1.00. The molecule has 4 heteroatoms. The first-order valence-electron chi connectivity index (χ1n) is 9.92. The largest absolute Gasteiger partial charge is 0.348 e. The maximum Gasteiger partial charge on any atom is 0.252 e. The molecule has 4 nitrogen and oxygen atoms in total. The van der Waals surface area contributed by atoms with Crippen molar-refractivity contribution in [3.05, 3.63) is 106 Å². The molecule has 3 aromatic rings. The van der Waals surface area contributed by atoms with Gasteiger partial charge in [0.1, 0.15) is 0 Å². The molecule has 0 saturated heterocycles. The minimum absolute atomic E-state index is 0.142. The SMILES string of the molecule is Cc1ccc(C(=O)c2ccccc2C(=O)NCc2ccc3c(c2)CCNC3)cc1. The highest BCUT2D eigenvalue weighted by Crippen LogP contribution is 2.18. The Morgan fingerprint density at radius 2 is 1.69 bits per heavy atom. The van der Waals surface area contributed by atoms with Crippen molar-refractivity contribution in [1.29, 1.82) is 0 Å². The first-order chi connectivity index (χ1) is 14.1. The fraction of sp³-hybridized carbons (Fsp3) is 0.200. The third-order valence-electron chi connectivity index (χ3n) is 5.34. The number of rotatable bonds is 5. The molecule has 0 atom stereocenters. The highest BCUT2D eigenvalue weighted by Gasteiger charge is 2.18. The standard InChI is InChI=1S/C25H24N2O2/c1-17-6-9-19(10-7-17)24(28)22-4-2-3-5-23(22)25(29)27-15-18-8-11-21-16-26-13-12-20(21)14-18/h2-11,14,26H,12-13,15-16H2,1H3,(H,27,29). The van der Waals surface area contributed by atoms with Gasteiger partial charge in [0.05, 0.1) is 5.56 Å². The highest BCUT2D eigenvalue weighted by molar-refractivity contribution is 6.15. The molecule has 3 aromatic carbocycles. The number of fused-ring (bicyclic) bond motifs is 1. The van der Waals surface area contributed by atoms with E-state index >= 15 is 0 Å². The summed E-state index contributed by atoms with van der Waals surface area (Å²) in [6, 6.07) is 20.7. The van der Waals surface area contributed by atoms with Crippen LogP contribution in [-0.4, -0.2) is 18.2 Å². The van der Waals surface area contributed by atoms with Crippen molar-refractivity contribution in [2.75, 3.05) is 6.54 Å². The van der Waals surface area contributed by atoms with Gasteiger partial charge in [-0.3, -0.25) is 9.59 Å². The molecule has 0 radical (unpaired) electrons. The Morgan fingerprint density at radius 1 is 0.931 bits per heavy atom. The van der Waals surface area contributed by atoms with Crippen LogP contribution >= 0.6 is 0 Å². The van der Waals surface area contributed by atoms with Crippen molar-refractivity contribution in [3.63, 3.8) is 0 Å². The van der Waals surface area contributed by atoms with E-state index in [2.05, 4.69) is 28.8 Å². The van der Waals surface area contributed by atoms with E-state index in [1.807, 2.05) is 19.1 Å². The third kappa shape index (κ3) is 4.28. The number of amides is 1. The molecule has 1 amide bonds. The topological polar surface area (TPSA) is 58.2 Å². The molecule has 146 valence electrons. The molecular formula is C25H24N2O2. The fourth-order valence-electron chi connectivity index (χ4n) is 3.66. The molecule has 0 saturated carbocycles. The zero-order chi connectivity index (χ0) is 20.2. The first kappa shape index (κ1) is 19.1. The van der Waals surface area contributed by atoms with Gasteiger partial charge in [0.2, 0.25) is 0 Å². The van der Waals surface area contributed by atoms with Crippen LogP contribution in [-0.2, 0) is 19.5 Å². The zero-order valence-corrected chi connectivity index (χ0v) is 16.5. The minimum atomic E-state index is -0.236. The van der Waals surface area contributed by atoms with E-state index < -0.39 is 0 Å². The van der Waals surface area contributed by atoms with E-state index in [-0.39, 0.29) is 11.7 Å². The molecule has 4 rings (SSSR count). The number of nitrogens with one attached hydrogen (secondary N) is 2. The van der Waals surface area contributed by atoms with Gasteiger partial charge in [0, 0.05) is 24.2 Å². The summed E-state index contributed by atoms with van der Waals surface area (Å²) >= 11 is 0. The van der Waals surface area contributed by atoms with E-state index in [0.29, 0.717) is 23.2 Å². The number of carbonyl (C=O) groups is 2. The van der Waals surface area contributed by atoms with Crippen LogP contribution in [0.3, 0.4) is 0 Å². The van der Waals surface area contributed by atoms with Crippen LogP contribution < -0.4 is 10.6 Å². The Bertz CT molecular complexity index is 1050. The lowest BCUT2D eigenvalue weighted by Gasteiger charge is -2.18. The summed E-state index contributed by atoms with van der Waals surface area (Å²) < 4.78 is 0. The summed E-state index contributed by atoms with van der Waals surface area (Å²) in [5.74, 6) is -0.377. The summed E-state index contributed by atoms with van der Waals surface area (Å²) in [6.45, 7) is 4.30. The Balaban J connectivity index is 1.51. The van der Waals surface area contributed by atoms with Crippen LogP contribution in [0.4, 0.5) is 0 Å². The molecule has 0 spiro atoms. The van der Waals surface area contributed by atoms with Crippen molar-refractivity contribution in [2.45, 2.75) is 26.4 Å². The lowest BCUT2D eigenvalue weighted by Crippen LogP contribution is -2.26. The Kier molecular flexibility index (Phi) is 5.54. The number of carbonyl (C=O) groups excluding carboxylic acids is 2. The predicted molar refractivity (Wildman–Crippen MR) is 114 cm³/mol. The Hall–Kier alpha value is -3.24. The number of benzene rings is 3. The second kappa shape index (κ2) is 8.41. The van der Waals surface area contributed by atoms with Gasteiger partial charge in [0.15, 0.2) is 5.78 Å². The van der Waals surface area contributed by atoms with Crippen LogP contribution in [0.5, 0.6) is 0 Å². The normalized spacial score (nSPS) is 12.9. The van der Waals surface area contributed by atoms with Gasteiger partial charge in [-0.15, -0.1) is 0 Å². The van der Waals surface area contributed by atoms with Crippen LogP contribution in [0.1, 0.15) is 48.5 Å². The smallest absolute Gasteiger partial charge is 0.252 e. The van der Waals surface area contributed by atoms with Crippen LogP contribution in [0.15, 0.2) is 66.7 Å². The zero-order valence-electron chi connectivity index (χ0n) is 16.5. The quantitative estimate of drug-likeness (QED) is 0.658. The molecule has 0 bridgehead atoms. The van der Waals surface area contributed by atoms with Gasteiger partial charge >= 0.3 is 0 Å². The van der Waals surface area contributed by atoms with Crippen molar-refractivity contribution >= 4 is 11.7 Å².